The van der Waals surface area contributed by atoms with Crippen molar-refractivity contribution in [3.8, 4) is 0 Å². The first kappa shape index (κ1) is 20.0. The molecule has 0 amide bonds. The minimum atomic E-state index is 0.614. The van der Waals surface area contributed by atoms with Crippen molar-refractivity contribution in [2.75, 3.05) is 7.05 Å². The largest absolute Gasteiger partial charge is 0.270 e. The Bertz CT molecular complexity index is 914. The van der Waals surface area contributed by atoms with Gasteiger partial charge in [0, 0.05) is 24.4 Å². The summed E-state index contributed by atoms with van der Waals surface area (Å²) >= 11 is 0. The van der Waals surface area contributed by atoms with Crippen LogP contribution in [0.4, 0.5) is 0 Å². The highest BCUT2D eigenvalue weighted by molar-refractivity contribution is 6.14. The molecule has 0 unspecified atom stereocenters. The third-order valence-electron chi connectivity index (χ3n) is 3.74. The van der Waals surface area contributed by atoms with Crippen LogP contribution in [0, 0.1) is 6.92 Å². The number of benzene rings is 2. The van der Waals surface area contributed by atoms with E-state index in [2.05, 4.69) is 35.6 Å². The van der Waals surface area contributed by atoms with Gasteiger partial charge in [-0.3, -0.25) is 4.99 Å². The molecule has 0 aliphatic heterocycles. The molecule has 0 spiro atoms. The molecule has 0 aromatic heterocycles. The predicted octanol–water partition coefficient (Wildman–Crippen LogP) is 5.58. The zero-order valence-electron chi connectivity index (χ0n) is 16.1. The number of rotatable bonds is 5. The van der Waals surface area contributed by atoms with E-state index in [0.717, 1.165) is 22.3 Å². The van der Waals surface area contributed by atoms with Crippen LogP contribution < -0.4 is 0 Å². The number of hydrogen-bond donors (Lipinski definition) is 0. The van der Waals surface area contributed by atoms with Crippen LogP contribution in [0.2, 0.25) is 0 Å². The van der Waals surface area contributed by atoms with Crippen LogP contribution in [0.1, 0.15) is 23.6 Å². The van der Waals surface area contributed by atoms with Gasteiger partial charge in [0.05, 0.1) is 0 Å². The molecule has 0 atom stereocenters. The van der Waals surface area contributed by atoms with E-state index in [4.69, 9.17) is 4.99 Å². The smallest absolute Gasteiger partial charge is 0.161 e. The second-order valence-corrected chi connectivity index (χ2v) is 5.88. The van der Waals surface area contributed by atoms with Crippen molar-refractivity contribution in [3.05, 3.63) is 108 Å². The summed E-state index contributed by atoms with van der Waals surface area (Å²) in [6, 6.07) is 18.1. The zero-order valence-corrected chi connectivity index (χ0v) is 16.1. The number of aliphatic imine (C=N–C) groups is 3. The Morgan fingerprint density at radius 1 is 0.963 bits per heavy atom. The molecule has 27 heavy (non-hydrogen) atoms. The lowest BCUT2D eigenvalue weighted by Gasteiger charge is -2.06. The summed E-state index contributed by atoms with van der Waals surface area (Å²) < 4.78 is 0. The summed E-state index contributed by atoms with van der Waals surface area (Å²) in [5, 5.41) is 0. The van der Waals surface area contributed by atoms with Gasteiger partial charge in [-0.2, -0.15) is 0 Å². The maximum Gasteiger partial charge on any atom is 0.161 e. The fourth-order valence-corrected chi connectivity index (χ4v) is 2.49. The lowest BCUT2D eigenvalue weighted by Crippen LogP contribution is -2.06. The van der Waals surface area contributed by atoms with E-state index < -0.39 is 0 Å². The van der Waals surface area contributed by atoms with E-state index in [9.17, 15) is 0 Å². The van der Waals surface area contributed by atoms with Gasteiger partial charge in [0.1, 0.15) is 0 Å². The molecule has 0 radical (unpaired) electrons. The average Bonchev–Trinajstić information content (AvgIpc) is 2.69. The molecule has 0 fully saturated rings. The van der Waals surface area contributed by atoms with Crippen molar-refractivity contribution in [3.63, 3.8) is 0 Å². The lowest BCUT2D eigenvalue weighted by molar-refractivity contribution is 1.37. The predicted molar refractivity (Wildman–Crippen MR) is 118 cm³/mol. The Morgan fingerprint density at radius 3 is 2.33 bits per heavy atom. The standard InChI is InChI=1S/C24H25N3/c1-5-11-20(12-6-2)18-26-24(22-16-10-13-19(3)17-22)27-23(25-4)21-14-8-7-9-15-21/h5-18H,1H2,2-4H3/b12-6-,20-11+,25-23?,26-18?,27-24?. The van der Waals surface area contributed by atoms with Gasteiger partial charge in [0.15, 0.2) is 11.7 Å². The van der Waals surface area contributed by atoms with Gasteiger partial charge in [-0.1, -0.05) is 85.0 Å². The number of nitrogens with zero attached hydrogens (tertiary/aromatic N) is 3. The van der Waals surface area contributed by atoms with Crippen molar-refractivity contribution in [1.29, 1.82) is 0 Å². The summed E-state index contributed by atoms with van der Waals surface area (Å²) in [7, 11) is 1.74. The van der Waals surface area contributed by atoms with Crippen molar-refractivity contribution in [2.45, 2.75) is 13.8 Å². The van der Waals surface area contributed by atoms with Crippen LogP contribution in [-0.2, 0) is 0 Å². The highest BCUT2D eigenvalue weighted by Crippen LogP contribution is 2.10. The first-order chi connectivity index (χ1) is 13.2. The number of hydrogen-bond acceptors (Lipinski definition) is 1. The lowest BCUT2D eigenvalue weighted by atomic mass is 10.1. The Kier molecular flexibility index (Phi) is 7.86. The first-order valence-corrected chi connectivity index (χ1v) is 8.85. The summed E-state index contributed by atoms with van der Waals surface area (Å²) in [4.78, 5) is 13.8. The molecule has 0 aliphatic carbocycles. The van der Waals surface area contributed by atoms with E-state index in [1.54, 1.807) is 19.3 Å². The van der Waals surface area contributed by atoms with E-state index in [-0.39, 0.29) is 0 Å². The number of amidine groups is 2. The van der Waals surface area contributed by atoms with Crippen LogP contribution >= 0.6 is 0 Å². The molecule has 0 aliphatic rings. The number of allylic oxidation sites excluding steroid dienone is 5. The van der Waals surface area contributed by atoms with E-state index in [1.807, 2.05) is 67.6 Å². The second kappa shape index (κ2) is 10.6. The van der Waals surface area contributed by atoms with Gasteiger partial charge in [0.25, 0.3) is 0 Å². The zero-order chi connectivity index (χ0) is 19.5. The molecule has 2 aromatic rings. The van der Waals surface area contributed by atoms with Gasteiger partial charge in [0.2, 0.25) is 0 Å². The Labute approximate surface area is 161 Å². The van der Waals surface area contributed by atoms with Crippen LogP contribution in [0.15, 0.2) is 106 Å². The normalized spacial score (nSPS) is 13.5. The quantitative estimate of drug-likeness (QED) is 0.382. The highest BCUT2D eigenvalue weighted by atomic mass is 15.0. The molecule has 136 valence electrons. The van der Waals surface area contributed by atoms with Gasteiger partial charge in [-0.15, -0.1) is 0 Å². The minimum Gasteiger partial charge on any atom is -0.270 e. The second-order valence-electron chi connectivity index (χ2n) is 5.88. The molecule has 3 heteroatoms. The molecule has 0 heterocycles. The number of aryl methyl sites for hydroxylation is 1. The fourth-order valence-electron chi connectivity index (χ4n) is 2.49. The van der Waals surface area contributed by atoms with Crippen molar-refractivity contribution in [2.24, 2.45) is 15.0 Å². The maximum atomic E-state index is 4.76. The van der Waals surface area contributed by atoms with Crippen LogP contribution in [0.5, 0.6) is 0 Å². The molecule has 3 nitrogen and oxygen atoms in total. The monoisotopic (exact) mass is 355 g/mol. The molecule has 2 rings (SSSR count). The summed E-state index contributed by atoms with van der Waals surface area (Å²) in [6.07, 6.45) is 9.39. The van der Waals surface area contributed by atoms with Crippen LogP contribution in [0.25, 0.3) is 0 Å². The molecule has 0 N–H and O–H groups in total. The Hall–Kier alpha value is -3.33. The Balaban J connectivity index is 2.53. The third kappa shape index (κ3) is 6.15. The first-order valence-electron chi connectivity index (χ1n) is 8.85. The molecule has 0 saturated carbocycles. The summed E-state index contributed by atoms with van der Waals surface area (Å²) in [6.45, 7) is 7.78. The molecule has 0 saturated heterocycles. The van der Waals surface area contributed by atoms with Crippen molar-refractivity contribution >= 4 is 17.9 Å². The van der Waals surface area contributed by atoms with Gasteiger partial charge < -0.3 is 0 Å². The molecular weight excluding hydrogens is 330 g/mol. The van der Waals surface area contributed by atoms with Crippen molar-refractivity contribution < 1.29 is 0 Å². The van der Waals surface area contributed by atoms with Crippen LogP contribution in [-0.4, -0.2) is 24.9 Å². The third-order valence-corrected chi connectivity index (χ3v) is 3.74. The van der Waals surface area contributed by atoms with E-state index in [0.29, 0.717) is 11.7 Å². The molecule has 2 aromatic carbocycles. The van der Waals surface area contributed by atoms with E-state index >= 15 is 0 Å². The molecular formula is C24H25N3. The molecule has 0 bridgehead atoms. The van der Waals surface area contributed by atoms with Gasteiger partial charge in [-0.25, -0.2) is 9.98 Å². The maximum absolute atomic E-state index is 4.76. The highest BCUT2D eigenvalue weighted by Gasteiger charge is 2.06. The van der Waals surface area contributed by atoms with Crippen LogP contribution in [0.3, 0.4) is 0 Å². The average molecular weight is 355 g/mol. The topological polar surface area (TPSA) is 37.1 Å². The fraction of sp³-hybridized carbons (Fsp3) is 0.125. The minimum absolute atomic E-state index is 0.614. The Morgan fingerprint density at radius 2 is 1.70 bits per heavy atom. The van der Waals surface area contributed by atoms with Gasteiger partial charge in [-0.05, 0) is 25.5 Å². The van der Waals surface area contributed by atoms with Gasteiger partial charge >= 0.3 is 0 Å². The summed E-state index contributed by atoms with van der Waals surface area (Å²) in [5.74, 6) is 1.26. The van der Waals surface area contributed by atoms with E-state index in [1.165, 1.54) is 0 Å². The summed E-state index contributed by atoms with van der Waals surface area (Å²) in [5.41, 5.74) is 4.00. The van der Waals surface area contributed by atoms with Crippen molar-refractivity contribution in [1.82, 2.24) is 0 Å². The SMILES string of the molecule is C=C/C=C(C=NC(=NC(=NC)c1ccccc1)c1cccc(C)c1)\C=C/C.